The standard InChI is InChI=1S/C15H21N3O2/c1-18(10-13-6-5-9-20-13)11-14(19)17-15(12-16)7-3-2-4-8-15/h5-6,9H,2-4,7-8,10-11H2,1H3,(H,17,19). The Balaban J connectivity index is 1.83. The lowest BCUT2D eigenvalue weighted by molar-refractivity contribution is -0.123. The van der Waals surface area contributed by atoms with Gasteiger partial charge in [-0.05, 0) is 32.0 Å². The van der Waals surface area contributed by atoms with E-state index in [4.69, 9.17) is 4.42 Å². The van der Waals surface area contributed by atoms with Gasteiger partial charge < -0.3 is 9.73 Å². The third kappa shape index (κ3) is 3.84. The van der Waals surface area contributed by atoms with Gasteiger partial charge in [-0.15, -0.1) is 0 Å². The molecule has 5 nitrogen and oxygen atoms in total. The summed E-state index contributed by atoms with van der Waals surface area (Å²) in [4.78, 5) is 14.0. The van der Waals surface area contributed by atoms with Crippen LogP contribution < -0.4 is 5.32 Å². The fraction of sp³-hybridized carbons (Fsp3) is 0.600. The molecule has 1 aliphatic carbocycles. The third-order valence-electron chi connectivity index (χ3n) is 3.72. The topological polar surface area (TPSA) is 69.3 Å². The van der Waals surface area contributed by atoms with Crippen molar-refractivity contribution in [2.24, 2.45) is 0 Å². The van der Waals surface area contributed by atoms with Crippen LogP contribution in [0.1, 0.15) is 37.9 Å². The molecule has 20 heavy (non-hydrogen) atoms. The highest BCUT2D eigenvalue weighted by molar-refractivity contribution is 5.79. The van der Waals surface area contributed by atoms with Crippen molar-refractivity contribution in [1.29, 1.82) is 5.26 Å². The van der Waals surface area contributed by atoms with Crippen LogP contribution >= 0.6 is 0 Å². The molecular formula is C15H21N3O2. The van der Waals surface area contributed by atoms with Gasteiger partial charge in [0.05, 0.1) is 25.4 Å². The summed E-state index contributed by atoms with van der Waals surface area (Å²) in [6.07, 6.45) is 6.31. The monoisotopic (exact) mass is 275 g/mol. The lowest BCUT2D eigenvalue weighted by atomic mass is 9.83. The summed E-state index contributed by atoms with van der Waals surface area (Å²) in [7, 11) is 1.86. The van der Waals surface area contributed by atoms with Crippen LogP contribution in [-0.4, -0.2) is 29.9 Å². The number of nitriles is 1. The zero-order chi connectivity index (χ0) is 14.4. The summed E-state index contributed by atoms with van der Waals surface area (Å²) in [6, 6.07) is 6.01. The zero-order valence-corrected chi connectivity index (χ0v) is 11.9. The number of likely N-dealkylation sites (N-methyl/N-ethyl adjacent to an activating group) is 1. The Morgan fingerprint density at radius 2 is 2.25 bits per heavy atom. The van der Waals surface area contributed by atoms with Crippen LogP contribution in [0.5, 0.6) is 0 Å². The second-order valence-electron chi connectivity index (χ2n) is 5.55. The molecule has 1 amide bonds. The van der Waals surface area contributed by atoms with Crippen molar-refractivity contribution in [2.45, 2.75) is 44.2 Å². The van der Waals surface area contributed by atoms with Gasteiger partial charge in [0.25, 0.3) is 0 Å². The first-order chi connectivity index (χ1) is 9.63. The van der Waals surface area contributed by atoms with Crippen molar-refractivity contribution < 1.29 is 9.21 Å². The number of nitrogens with zero attached hydrogens (tertiary/aromatic N) is 2. The molecular weight excluding hydrogens is 254 g/mol. The molecule has 1 fully saturated rings. The number of nitrogens with one attached hydrogen (secondary N) is 1. The van der Waals surface area contributed by atoms with E-state index >= 15 is 0 Å². The maximum absolute atomic E-state index is 12.1. The Hall–Kier alpha value is -1.80. The van der Waals surface area contributed by atoms with E-state index in [0.29, 0.717) is 6.54 Å². The summed E-state index contributed by atoms with van der Waals surface area (Å²) in [5.41, 5.74) is -0.652. The number of furan rings is 1. The molecule has 5 heteroatoms. The molecule has 0 atom stereocenters. The van der Waals surface area contributed by atoms with Crippen LogP contribution in [0, 0.1) is 11.3 Å². The average molecular weight is 275 g/mol. The van der Waals surface area contributed by atoms with Gasteiger partial charge in [-0.3, -0.25) is 9.69 Å². The Bertz CT molecular complexity index is 470. The predicted octanol–water partition coefficient (Wildman–Crippen LogP) is 2.05. The molecule has 1 N–H and O–H groups in total. The SMILES string of the molecule is CN(CC(=O)NC1(C#N)CCCCC1)Cc1ccco1. The number of carbonyl (C=O) groups is 1. The molecule has 0 aliphatic heterocycles. The van der Waals surface area contributed by atoms with Gasteiger partial charge in [0.2, 0.25) is 5.91 Å². The fourth-order valence-electron chi connectivity index (χ4n) is 2.70. The molecule has 0 unspecified atom stereocenters. The van der Waals surface area contributed by atoms with Crippen LogP contribution in [0.15, 0.2) is 22.8 Å². The molecule has 0 saturated heterocycles. The van der Waals surface area contributed by atoms with Gasteiger partial charge >= 0.3 is 0 Å². The van der Waals surface area contributed by atoms with Crippen LogP contribution in [0.25, 0.3) is 0 Å². The molecule has 1 heterocycles. The normalized spacial score (nSPS) is 17.6. The minimum absolute atomic E-state index is 0.0949. The van der Waals surface area contributed by atoms with E-state index in [0.717, 1.165) is 37.9 Å². The molecule has 0 radical (unpaired) electrons. The molecule has 1 aliphatic rings. The fourth-order valence-corrected chi connectivity index (χ4v) is 2.70. The van der Waals surface area contributed by atoms with Crippen LogP contribution in [0.4, 0.5) is 0 Å². The van der Waals surface area contributed by atoms with Crippen LogP contribution in [0.3, 0.4) is 0 Å². The number of rotatable bonds is 5. The first kappa shape index (κ1) is 14.6. The lowest BCUT2D eigenvalue weighted by Crippen LogP contribution is -2.51. The van der Waals surface area contributed by atoms with Gasteiger partial charge in [-0.1, -0.05) is 19.3 Å². The van der Waals surface area contributed by atoms with Crippen molar-refractivity contribution >= 4 is 5.91 Å². The summed E-state index contributed by atoms with van der Waals surface area (Å²) in [5, 5.41) is 12.3. The first-order valence-electron chi connectivity index (χ1n) is 7.07. The highest BCUT2D eigenvalue weighted by Crippen LogP contribution is 2.27. The summed E-state index contributed by atoms with van der Waals surface area (Å²) < 4.78 is 5.25. The van der Waals surface area contributed by atoms with Crippen LogP contribution in [-0.2, 0) is 11.3 Å². The highest BCUT2D eigenvalue weighted by Gasteiger charge is 2.33. The molecule has 1 aromatic heterocycles. The van der Waals surface area contributed by atoms with Crippen molar-refractivity contribution in [1.82, 2.24) is 10.2 Å². The molecule has 0 aromatic carbocycles. The largest absolute Gasteiger partial charge is 0.468 e. The minimum Gasteiger partial charge on any atom is -0.468 e. The van der Waals surface area contributed by atoms with Gasteiger partial charge in [-0.25, -0.2) is 0 Å². The predicted molar refractivity (Wildman–Crippen MR) is 74.6 cm³/mol. The van der Waals surface area contributed by atoms with Crippen molar-refractivity contribution in [3.05, 3.63) is 24.2 Å². The van der Waals surface area contributed by atoms with Crippen molar-refractivity contribution in [3.8, 4) is 6.07 Å². The molecule has 0 spiro atoms. The van der Waals surface area contributed by atoms with E-state index in [1.807, 2.05) is 24.1 Å². The molecule has 1 aromatic rings. The molecule has 108 valence electrons. The number of carbonyl (C=O) groups excluding carboxylic acids is 1. The minimum atomic E-state index is -0.652. The van der Waals surface area contributed by atoms with E-state index in [-0.39, 0.29) is 12.5 Å². The Labute approximate surface area is 119 Å². The average Bonchev–Trinajstić information content (AvgIpc) is 2.92. The van der Waals surface area contributed by atoms with Crippen LogP contribution in [0.2, 0.25) is 0 Å². The highest BCUT2D eigenvalue weighted by atomic mass is 16.3. The maximum Gasteiger partial charge on any atom is 0.235 e. The van der Waals surface area contributed by atoms with Crippen molar-refractivity contribution in [3.63, 3.8) is 0 Å². The quantitative estimate of drug-likeness (QED) is 0.893. The first-order valence-corrected chi connectivity index (χ1v) is 7.07. The number of hydrogen-bond acceptors (Lipinski definition) is 4. The van der Waals surface area contributed by atoms with Gasteiger partial charge in [0.1, 0.15) is 11.3 Å². The zero-order valence-electron chi connectivity index (χ0n) is 11.9. The molecule has 1 saturated carbocycles. The summed E-state index contributed by atoms with van der Waals surface area (Å²) in [5.74, 6) is 0.732. The third-order valence-corrected chi connectivity index (χ3v) is 3.72. The molecule has 2 rings (SSSR count). The van der Waals surface area contributed by atoms with Crippen molar-refractivity contribution in [2.75, 3.05) is 13.6 Å². The van der Waals surface area contributed by atoms with E-state index < -0.39 is 5.54 Å². The Morgan fingerprint density at radius 1 is 1.50 bits per heavy atom. The van der Waals surface area contributed by atoms with Gasteiger partial charge in [0.15, 0.2) is 0 Å². The second-order valence-corrected chi connectivity index (χ2v) is 5.55. The number of hydrogen-bond donors (Lipinski definition) is 1. The lowest BCUT2D eigenvalue weighted by Gasteiger charge is -2.32. The van der Waals surface area contributed by atoms with Gasteiger partial charge in [-0.2, -0.15) is 5.26 Å². The molecule has 0 bridgehead atoms. The summed E-state index contributed by atoms with van der Waals surface area (Å²) >= 11 is 0. The van der Waals surface area contributed by atoms with E-state index in [9.17, 15) is 10.1 Å². The number of amides is 1. The van der Waals surface area contributed by atoms with E-state index in [1.54, 1.807) is 6.26 Å². The smallest absolute Gasteiger partial charge is 0.235 e. The van der Waals surface area contributed by atoms with E-state index in [1.165, 1.54) is 0 Å². The maximum atomic E-state index is 12.1. The second kappa shape index (κ2) is 6.58. The van der Waals surface area contributed by atoms with Gasteiger partial charge in [0, 0.05) is 0 Å². The van der Waals surface area contributed by atoms with E-state index in [2.05, 4.69) is 11.4 Å². The Kier molecular flexibility index (Phi) is 4.80. The summed E-state index contributed by atoms with van der Waals surface area (Å²) in [6.45, 7) is 0.851. The Morgan fingerprint density at radius 3 is 2.85 bits per heavy atom.